The van der Waals surface area contributed by atoms with Crippen LogP contribution in [0.1, 0.15) is 23.9 Å². The number of rotatable bonds is 9. The van der Waals surface area contributed by atoms with E-state index in [1.54, 1.807) is 42.9 Å². The fraction of sp³-hybridized carbons (Fsp3) is 0.333. The second-order valence-corrected chi connectivity index (χ2v) is 6.57. The minimum Gasteiger partial charge on any atom is -0.493 e. The van der Waals surface area contributed by atoms with Gasteiger partial charge in [0, 0.05) is 30.6 Å². The molecular formula is C18H21ClN2O3S. The van der Waals surface area contributed by atoms with Crippen molar-refractivity contribution >= 4 is 34.9 Å². The molecule has 0 bridgehead atoms. The Hall–Kier alpha value is -2.05. The van der Waals surface area contributed by atoms with Crippen LogP contribution in [0.2, 0.25) is 5.02 Å². The molecule has 25 heavy (non-hydrogen) atoms. The number of carbonyl (C=O) groups excluding carboxylic acids is 1. The SMILES string of the molecule is CCCOc1c(Cl)cc(/C=C/C(=O)NCCc2nccs2)cc1OC. The van der Waals surface area contributed by atoms with Crippen LogP contribution in [0.25, 0.3) is 6.08 Å². The normalized spacial score (nSPS) is 10.8. The molecule has 7 heteroatoms. The first kappa shape index (κ1) is 19.3. The second kappa shape index (κ2) is 10.1. The topological polar surface area (TPSA) is 60.5 Å². The summed E-state index contributed by atoms with van der Waals surface area (Å²) in [5.74, 6) is 0.902. The van der Waals surface area contributed by atoms with Crippen molar-refractivity contribution in [2.24, 2.45) is 0 Å². The molecule has 0 atom stereocenters. The van der Waals surface area contributed by atoms with Gasteiger partial charge in [0.15, 0.2) is 11.5 Å². The Morgan fingerprint density at radius 3 is 2.96 bits per heavy atom. The van der Waals surface area contributed by atoms with Crippen molar-refractivity contribution in [2.45, 2.75) is 19.8 Å². The smallest absolute Gasteiger partial charge is 0.244 e. The lowest BCUT2D eigenvalue weighted by atomic mass is 10.2. The maximum absolute atomic E-state index is 11.9. The zero-order valence-electron chi connectivity index (χ0n) is 14.3. The number of carbonyl (C=O) groups is 1. The lowest BCUT2D eigenvalue weighted by Crippen LogP contribution is -2.23. The molecule has 2 aromatic rings. The fourth-order valence-corrected chi connectivity index (χ4v) is 2.97. The first-order valence-corrected chi connectivity index (χ1v) is 9.24. The molecule has 1 aromatic heterocycles. The van der Waals surface area contributed by atoms with Gasteiger partial charge in [-0.3, -0.25) is 4.79 Å². The summed E-state index contributed by atoms with van der Waals surface area (Å²) in [4.78, 5) is 16.1. The first-order chi connectivity index (χ1) is 12.1. The number of hydrogen-bond donors (Lipinski definition) is 1. The van der Waals surface area contributed by atoms with Gasteiger partial charge in [0.05, 0.1) is 23.7 Å². The Labute approximate surface area is 156 Å². The standard InChI is InChI=1S/C18H21ClN2O3S/c1-3-9-24-18-14(19)11-13(12-15(18)23-2)4-5-16(22)20-7-6-17-21-8-10-25-17/h4-5,8,10-12H,3,6-7,9H2,1-2H3,(H,20,22)/b5-4+. The minimum absolute atomic E-state index is 0.169. The van der Waals surface area contributed by atoms with Gasteiger partial charge in [-0.15, -0.1) is 11.3 Å². The lowest BCUT2D eigenvalue weighted by molar-refractivity contribution is -0.116. The highest BCUT2D eigenvalue weighted by Crippen LogP contribution is 2.36. The average Bonchev–Trinajstić information content (AvgIpc) is 3.12. The number of aromatic nitrogens is 1. The summed E-state index contributed by atoms with van der Waals surface area (Å²) in [5.41, 5.74) is 0.765. The van der Waals surface area contributed by atoms with E-state index >= 15 is 0 Å². The third kappa shape index (κ3) is 6.07. The number of amides is 1. The van der Waals surface area contributed by atoms with Gasteiger partial charge in [0.1, 0.15) is 0 Å². The van der Waals surface area contributed by atoms with Crippen LogP contribution in [0, 0.1) is 0 Å². The van der Waals surface area contributed by atoms with Gasteiger partial charge >= 0.3 is 0 Å². The molecule has 1 N–H and O–H groups in total. The Morgan fingerprint density at radius 1 is 1.44 bits per heavy atom. The van der Waals surface area contributed by atoms with Crippen LogP contribution in [-0.4, -0.2) is 31.2 Å². The van der Waals surface area contributed by atoms with Crippen LogP contribution in [0.15, 0.2) is 29.8 Å². The molecule has 0 aliphatic rings. The number of benzene rings is 1. The van der Waals surface area contributed by atoms with Crippen LogP contribution in [0.4, 0.5) is 0 Å². The lowest BCUT2D eigenvalue weighted by Gasteiger charge is -2.12. The summed E-state index contributed by atoms with van der Waals surface area (Å²) in [6.45, 7) is 3.13. The number of methoxy groups -OCH3 is 1. The summed E-state index contributed by atoms with van der Waals surface area (Å²) in [6.07, 6.45) is 6.52. The summed E-state index contributed by atoms with van der Waals surface area (Å²) in [5, 5.41) is 6.20. The maximum atomic E-state index is 11.9. The van der Waals surface area contributed by atoms with Crippen molar-refractivity contribution in [3.05, 3.63) is 45.4 Å². The van der Waals surface area contributed by atoms with E-state index in [1.165, 1.54) is 6.08 Å². The van der Waals surface area contributed by atoms with Gasteiger partial charge in [0.2, 0.25) is 5.91 Å². The van der Waals surface area contributed by atoms with E-state index < -0.39 is 0 Å². The van der Waals surface area contributed by atoms with Crippen LogP contribution >= 0.6 is 22.9 Å². The van der Waals surface area contributed by atoms with Gasteiger partial charge in [-0.05, 0) is 30.2 Å². The van der Waals surface area contributed by atoms with Crippen molar-refractivity contribution in [1.82, 2.24) is 10.3 Å². The number of ether oxygens (including phenoxy) is 2. The molecule has 0 aliphatic heterocycles. The van der Waals surface area contributed by atoms with E-state index in [0.29, 0.717) is 29.7 Å². The van der Waals surface area contributed by atoms with Gasteiger partial charge in [0.25, 0.3) is 0 Å². The van der Waals surface area contributed by atoms with E-state index in [4.69, 9.17) is 21.1 Å². The molecule has 5 nitrogen and oxygen atoms in total. The van der Waals surface area contributed by atoms with Gasteiger partial charge < -0.3 is 14.8 Å². The molecule has 1 aromatic carbocycles. The highest BCUT2D eigenvalue weighted by Gasteiger charge is 2.11. The molecule has 0 spiro atoms. The molecule has 0 radical (unpaired) electrons. The maximum Gasteiger partial charge on any atom is 0.244 e. The molecule has 134 valence electrons. The molecule has 0 unspecified atom stereocenters. The number of thiazole rings is 1. The van der Waals surface area contributed by atoms with E-state index in [2.05, 4.69) is 10.3 Å². The summed E-state index contributed by atoms with van der Waals surface area (Å²) in [7, 11) is 1.56. The van der Waals surface area contributed by atoms with E-state index in [0.717, 1.165) is 23.4 Å². The third-order valence-corrected chi connectivity index (χ3v) is 4.37. The van der Waals surface area contributed by atoms with E-state index in [1.807, 2.05) is 12.3 Å². The molecule has 2 rings (SSSR count). The Balaban J connectivity index is 1.94. The average molecular weight is 381 g/mol. The van der Waals surface area contributed by atoms with Gasteiger partial charge in [-0.2, -0.15) is 0 Å². The third-order valence-electron chi connectivity index (χ3n) is 3.25. The second-order valence-electron chi connectivity index (χ2n) is 5.18. The Morgan fingerprint density at radius 2 is 2.28 bits per heavy atom. The molecular weight excluding hydrogens is 360 g/mol. The number of nitrogens with one attached hydrogen (secondary N) is 1. The van der Waals surface area contributed by atoms with Crippen molar-refractivity contribution in [3.8, 4) is 11.5 Å². The van der Waals surface area contributed by atoms with Crippen LogP contribution < -0.4 is 14.8 Å². The molecule has 0 fully saturated rings. The Bertz CT molecular complexity index is 717. The minimum atomic E-state index is -0.169. The predicted octanol–water partition coefficient (Wildman–Crippen LogP) is 3.97. The first-order valence-electron chi connectivity index (χ1n) is 7.98. The number of halogens is 1. The highest BCUT2D eigenvalue weighted by molar-refractivity contribution is 7.09. The van der Waals surface area contributed by atoms with Gasteiger partial charge in [-0.1, -0.05) is 18.5 Å². The zero-order chi connectivity index (χ0) is 18.1. The van der Waals surface area contributed by atoms with Gasteiger partial charge in [-0.25, -0.2) is 4.98 Å². The van der Waals surface area contributed by atoms with Crippen molar-refractivity contribution in [2.75, 3.05) is 20.3 Å². The molecule has 0 aliphatic carbocycles. The monoisotopic (exact) mass is 380 g/mol. The Kier molecular flexibility index (Phi) is 7.76. The van der Waals surface area contributed by atoms with Crippen molar-refractivity contribution in [3.63, 3.8) is 0 Å². The molecule has 1 amide bonds. The summed E-state index contributed by atoms with van der Waals surface area (Å²) in [6, 6.07) is 3.53. The number of nitrogens with zero attached hydrogens (tertiary/aromatic N) is 1. The summed E-state index contributed by atoms with van der Waals surface area (Å²) >= 11 is 7.84. The molecule has 0 saturated carbocycles. The summed E-state index contributed by atoms with van der Waals surface area (Å²) < 4.78 is 10.9. The van der Waals surface area contributed by atoms with Crippen LogP contribution in [0.3, 0.4) is 0 Å². The largest absolute Gasteiger partial charge is 0.493 e. The van der Waals surface area contributed by atoms with Crippen molar-refractivity contribution in [1.29, 1.82) is 0 Å². The van der Waals surface area contributed by atoms with E-state index in [-0.39, 0.29) is 5.91 Å². The zero-order valence-corrected chi connectivity index (χ0v) is 15.8. The van der Waals surface area contributed by atoms with E-state index in [9.17, 15) is 4.79 Å². The van der Waals surface area contributed by atoms with Crippen LogP contribution in [-0.2, 0) is 11.2 Å². The quantitative estimate of drug-likeness (QED) is 0.669. The predicted molar refractivity (Wildman–Crippen MR) is 102 cm³/mol. The highest BCUT2D eigenvalue weighted by atomic mass is 35.5. The van der Waals surface area contributed by atoms with Crippen LogP contribution in [0.5, 0.6) is 11.5 Å². The fourth-order valence-electron chi connectivity index (χ4n) is 2.08. The van der Waals surface area contributed by atoms with Crippen molar-refractivity contribution < 1.29 is 14.3 Å². The molecule has 1 heterocycles. The molecule has 0 saturated heterocycles. The number of hydrogen-bond acceptors (Lipinski definition) is 5.